The van der Waals surface area contributed by atoms with Crippen LogP contribution in [0.15, 0.2) is 24.3 Å². The number of hydrogen-bond acceptors (Lipinski definition) is 3. The van der Waals surface area contributed by atoms with Crippen LogP contribution >= 0.6 is 0 Å². The van der Waals surface area contributed by atoms with Crippen molar-refractivity contribution in [3.05, 3.63) is 35.6 Å². The summed E-state index contributed by atoms with van der Waals surface area (Å²) in [6.45, 7) is 8.87. The molecule has 1 rings (SSSR count). The lowest BCUT2D eigenvalue weighted by Gasteiger charge is -2.34. The first-order valence-electron chi connectivity index (χ1n) is 6.88. The van der Waals surface area contributed by atoms with E-state index in [4.69, 9.17) is 4.74 Å². The summed E-state index contributed by atoms with van der Waals surface area (Å²) in [7, 11) is 0. The Morgan fingerprint density at radius 1 is 1.24 bits per heavy atom. The minimum absolute atomic E-state index is 0.236. The molecular formula is C16H22FNO3. The van der Waals surface area contributed by atoms with Crippen LogP contribution in [0.2, 0.25) is 0 Å². The minimum atomic E-state index is -0.805. The molecule has 0 aromatic heterocycles. The van der Waals surface area contributed by atoms with Crippen LogP contribution in [0.3, 0.4) is 0 Å². The smallest absolute Gasteiger partial charge is 0.411 e. The van der Waals surface area contributed by atoms with E-state index in [0.717, 1.165) is 0 Å². The van der Waals surface area contributed by atoms with E-state index in [2.05, 4.69) is 0 Å². The van der Waals surface area contributed by atoms with Gasteiger partial charge in [-0.2, -0.15) is 0 Å². The van der Waals surface area contributed by atoms with Crippen molar-refractivity contribution < 1.29 is 18.7 Å². The third kappa shape index (κ3) is 4.85. The number of halogens is 1. The maximum absolute atomic E-state index is 13.0. The van der Waals surface area contributed by atoms with Crippen LogP contribution in [-0.2, 0) is 9.53 Å². The zero-order valence-electron chi connectivity index (χ0n) is 13.1. The normalized spacial score (nSPS) is 12.9. The summed E-state index contributed by atoms with van der Waals surface area (Å²) in [5, 5.41) is 0. The van der Waals surface area contributed by atoms with Gasteiger partial charge in [0.2, 0.25) is 0 Å². The van der Waals surface area contributed by atoms with Gasteiger partial charge in [0.05, 0.1) is 0 Å². The molecule has 0 aliphatic carbocycles. The summed E-state index contributed by atoms with van der Waals surface area (Å²) in [6.07, 6.45) is 0.0934. The van der Waals surface area contributed by atoms with Gasteiger partial charge in [0.25, 0.3) is 0 Å². The molecule has 0 fully saturated rings. The number of carbonyl (C=O) groups excluding carboxylic acids is 2. The van der Waals surface area contributed by atoms with Crippen LogP contribution in [0.5, 0.6) is 0 Å². The van der Waals surface area contributed by atoms with E-state index in [1.54, 1.807) is 34.6 Å². The zero-order chi connectivity index (χ0) is 16.2. The van der Waals surface area contributed by atoms with Crippen LogP contribution in [0.1, 0.15) is 46.2 Å². The lowest BCUT2D eigenvalue weighted by molar-refractivity contribution is -0.113. The van der Waals surface area contributed by atoms with Gasteiger partial charge in [0, 0.05) is 6.04 Å². The number of benzene rings is 1. The maximum Gasteiger partial charge on any atom is 0.411 e. The molecule has 0 saturated heterocycles. The third-order valence-corrected chi connectivity index (χ3v) is 2.80. The number of carbonyl (C=O) groups is 2. The van der Waals surface area contributed by atoms with Crippen molar-refractivity contribution >= 4 is 12.4 Å². The predicted octanol–water partition coefficient (Wildman–Crippen LogP) is 3.71. The van der Waals surface area contributed by atoms with Gasteiger partial charge in [-0.1, -0.05) is 12.1 Å². The van der Waals surface area contributed by atoms with E-state index in [1.807, 2.05) is 0 Å². The Balaban J connectivity index is 3.09. The molecule has 116 valence electrons. The summed E-state index contributed by atoms with van der Waals surface area (Å²) in [5.41, 5.74) is -0.105. The zero-order valence-corrected chi connectivity index (χ0v) is 13.1. The van der Waals surface area contributed by atoms with Gasteiger partial charge in [-0.15, -0.1) is 0 Å². The van der Waals surface area contributed by atoms with Gasteiger partial charge >= 0.3 is 6.09 Å². The Morgan fingerprint density at radius 3 is 2.14 bits per heavy atom. The molecule has 4 nitrogen and oxygen atoms in total. The monoisotopic (exact) mass is 295 g/mol. The fourth-order valence-corrected chi connectivity index (χ4v) is 1.92. The van der Waals surface area contributed by atoms with Gasteiger partial charge in [0.1, 0.15) is 23.7 Å². The number of aldehydes is 1. The molecule has 0 N–H and O–H groups in total. The Hall–Kier alpha value is -1.91. The molecule has 1 amide bonds. The standard InChI is InChI=1S/C16H22FNO3/c1-11(2)18(15(20)21-16(3,4)5)14(10-19)12-6-8-13(17)9-7-12/h6-11,14H,1-5H3. The van der Waals surface area contributed by atoms with Gasteiger partial charge in [-0.25, -0.2) is 9.18 Å². The summed E-state index contributed by atoms with van der Waals surface area (Å²) in [5.74, 6) is -0.392. The van der Waals surface area contributed by atoms with Crippen molar-refractivity contribution in [1.29, 1.82) is 0 Å². The van der Waals surface area contributed by atoms with Crippen molar-refractivity contribution in [3.8, 4) is 0 Å². The Labute approximate surface area is 124 Å². The number of rotatable bonds is 4. The summed E-state index contributed by atoms with van der Waals surface area (Å²) in [4.78, 5) is 25.1. The summed E-state index contributed by atoms with van der Waals surface area (Å²) >= 11 is 0. The van der Waals surface area contributed by atoms with Crippen molar-refractivity contribution in [3.63, 3.8) is 0 Å². The molecule has 1 aromatic rings. The van der Waals surface area contributed by atoms with E-state index in [0.29, 0.717) is 11.8 Å². The summed E-state index contributed by atoms with van der Waals surface area (Å²) in [6, 6.07) is 4.47. The molecular weight excluding hydrogens is 273 g/mol. The topological polar surface area (TPSA) is 46.6 Å². The highest BCUT2D eigenvalue weighted by Gasteiger charge is 2.31. The average molecular weight is 295 g/mol. The molecule has 1 aromatic carbocycles. The van der Waals surface area contributed by atoms with Gasteiger partial charge in [0.15, 0.2) is 0 Å². The maximum atomic E-state index is 13.0. The van der Waals surface area contributed by atoms with Crippen LogP contribution < -0.4 is 0 Å². The van der Waals surface area contributed by atoms with Crippen LogP contribution in [0.4, 0.5) is 9.18 Å². The first-order chi connectivity index (χ1) is 9.65. The molecule has 0 spiro atoms. The molecule has 0 saturated carbocycles. The van der Waals surface area contributed by atoms with Crippen molar-refractivity contribution in [1.82, 2.24) is 4.90 Å². The number of nitrogens with zero attached hydrogens (tertiary/aromatic N) is 1. The second-order valence-corrected chi connectivity index (χ2v) is 6.11. The fraction of sp³-hybridized carbons (Fsp3) is 0.500. The van der Waals surface area contributed by atoms with Gasteiger partial charge in [-0.05, 0) is 52.3 Å². The van der Waals surface area contributed by atoms with Crippen LogP contribution in [-0.4, -0.2) is 28.9 Å². The first-order valence-corrected chi connectivity index (χ1v) is 6.88. The molecule has 21 heavy (non-hydrogen) atoms. The van der Waals surface area contributed by atoms with Gasteiger partial charge in [-0.3, -0.25) is 4.90 Å². The van der Waals surface area contributed by atoms with Crippen molar-refractivity contribution in [2.75, 3.05) is 0 Å². The van der Waals surface area contributed by atoms with Crippen LogP contribution in [0, 0.1) is 5.82 Å². The first kappa shape index (κ1) is 17.1. The van der Waals surface area contributed by atoms with Gasteiger partial charge < -0.3 is 9.53 Å². The van der Waals surface area contributed by atoms with Crippen molar-refractivity contribution in [2.24, 2.45) is 0 Å². The second kappa shape index (κ2) is 6.70. The molecule has 1 atom stereocenters. The number of hydrogen-bond donors (Lipinski definition) is 0. The minimum Gasteiger partial charge on any atom is -0.444 e. The lowest BCUT2D eigenvalue weighted by Crippen LogP contribution is -2.43. The highest BCUT2D eigenvalue weighted by molar-refractivity contribution is 5.75. The van der Waals surface area contributed by atoms with E-state index in [9.17, 15) is 14.0 Å². The molecule has 0 bridgehead atoms. The molecule has 5 heteroatoms. The Kier molecular flexibility index (Phi) is 5.47. The molecule has 0 radical (unpaired) electrons. The van der Waals surface area contributed by atoms with E-state index in [-0.39, 0.29) is 6.04 Å². The quantitative estimate of drug-likeness (QED) is 0.795. The fourth-order valence-electron chi connectivity index (χ4n) is 1.92. The largest absolute Gasteiger partial charge is 0.444 e. The lowest BCUT2D eigenvalue weighted by atomic mass is 10.1. The number of amides is 1. The molecule has 0 aliphatic rings. The average Bonchev–Trinajstić information content (AvgIpc) is 2.34. The molecule has 0 aliphatic heterocycles. The highest BCUT2D eigenvalue weighted by Crippen LogP contribution is 2.24. The van der Waals surface area contributed by atoms with E-state index in [1.165, 1.54) is 29.2 Å². The Morgan fingerprint density at radius 2 is 1.76 bits per heavy atom. The SMILES string of the molecule is CC(C)N(C(=O)OC(C)(C)C)C(C=O)c1ccc(F)cc1. The van der Waals surface area contributed by atoms with E-state index >= 15 is 0 Å². The summed E-state index contributed by atoms with van der Waals surface area (Å²) < 4.78 is 18.3. The number of ether oxygens (including phenoxy) is 1. The van der Waals surface area contributed by atoms with Crippen molar-refractivity contribution in [2.45, 2.75) is 52.3 Å². The molecule has 1 unspecified atom stereocenters. The second-order valence-electron chi connectivity index (χ2n) is 6.11. The van der Waals surface area contributed by atoms with E-state index < -0.39 is 23.6 Å². The third-order valence-electron chi connectivity index (χ3n) is 2.80. The molecule has 0 heterocycles. The predicted molar refractivity (Wildman–Crippen MR) is 78.4 cm³/mol. The Bertz CT molecular complexity index is 491. The van der Waals surface area contributed by atoms with Crippen LogP contribution in [0.25, 0.3) is 0 Å². The highest BCUT2D eigenvalue weighted by atomic mass is 19.1.